The molecule has 3 heterocycles. The number of benzene rings is 1. The van der Waals surface area contributed by atoms with Gasteiger partial charge in [-0.25, -0.2) is 0 Å². The highest BCUT2D eigenvalue weighted by atomic mass is 16.2. The predicted octanol–water partition coefficient (Wildman–Crippen LogP) is 2.50. The molecular formula is C22H27N5O. The summed E-state index contributed by atoms with van der Waals surface area (Å²) in [5, 5.41) is 8.50. The van der Waals surface area contributed by atoms with Gasteiger partial charge in [0.2, 0.25) is 5.91 Å². The van der Waals surface area contributed by atoms with E-state index < -0.39 is 0 Å². The molecule has 0 aliphatic carbocycles. The maximum absolute atomic E-state index is 12.3. The van der Waals surface area contributed by atoms with Gasteiger partial charge in [0, 0.05) is 37.1 Å². The zero-order valence-electron chi connectivity index (χ0n) is 16.1. The molecule has 0 bridgehead atoms. The van der Waals surface area contributed by atoms with Gasteiger partial charge in [0.25, 0.3) is 0 Å². The number of fused-ring (bicyclic) bond motifs is 1. The number of hydrogen-bond acceptors (Lipinski definition) is 4. The Hall–Kier alpha value is -2.73. The van der Waals surface area contributed by atoms with E-state index >= 15 is 0 Å². The van der Waals surface area contributed by atoms with Crippen molar-refractivity contribution in [1.29, 1.82) is 0 Å². The van der Waals surface area contributed by atoms with E-state index in [0.29, 0.717) is 19.0 Å². The van der Waals surface area contributed by atoms with Crippen LogP contribution in [0.5, 0.6) is 0 Å². The van der Waals surface area contributed by atoms with E-state index in [-0.39, 0.29) is 5.91 Å². The summed E-state index contributed by atoms with van der Waals surface area (Å²) in [4.78, 5) is 19.1. The molecule has 1 fully saturated rings. The predicted molar refractivity (Wildman–Crippen MR) is 110 cm³/mol. The highest BCUT2D eigenvalue weighted by Gasteiger charge is 2.21. The largest absolute Gasteiger partial charge is 0.355 e. The Morgan fingerprint density at radius 2 is 1.96 bits per heavy atom. The van der Waals surface area contributed by atoms with E-state index in [1.54, 1.807) is 0 Å². The number of amides is 1. The van der Waals surface area contributed by atoms with Crippen molar-refractivity contribution < 1.29 is 4.79 Å². The number of aromatic nitrogens is 3. The van der Waals surface area contributed by atoms with Crippen molar-refractivity contribution in [2.45, 2.75) is 25.8 Å². The maximum Gasteiger partial charge on any atom is 0.234 e. The smallest absolute Gasteiger partial charge is 0.234 e. The van der Waals surface area contributed by atoms with Crippen LogP contribution < -0.4 is 5.32 Å². The number of nitrogens with zero attached hydrogens (tertiary/aromatic N) is 4. The van der Waals surface area contributed by atoms with Crippen LogP contribution in [0.15, 0.2) is 55.0 Å². The Morgan fingerprint density at radius 3 is 2.79 bits per heavy atom. The monoisotopic (exact) mass is 377 g/mol. The number of rotatable bonds is 7. The first-order chi connectivity index (χ1) is 13.8. The van der Waals surface area contributed by atoms with E-state index in [1.807, 2.05) is 35.4 Å². The van der Waals surface area contributed by atoms with Gasteiger partial charge in [-0.1, -0.05) is 24.3 Å². The molecule has 3 aromatic rings. The number of nitrogens with one attached hydrogen (secondary N) is 1. The van der Waals surface area contributed by atoms with Gasteiger partial charge in [-0.15, -0.1) is 0 Å². The van der Waals surface area contributed by atoms with Crippen LogP contribution in [0.2, 0.25) is 0 Å². The molecule has 2 aromatic heterocycles. The lowest BCUT2D eigenvalue weighted by Gasteiger charge is -2.31. The lowest BCUT2D eigenvalue weighted by Crippen LogP contribution is -2.42. The summed E-state index contributed by atoms with van der Waals surface area (Å²) in [7, 11) is 0. The summed E-state index contributed by atoms with van der Waals surface area (Å²) in [5.41, 5.74) is 2.20. The van der Waals surface area contributed by atoms with Crippen LogP contribution in [0.25, 0.3) is 10.9 Å². The van der Waals surface area contributed by atoms with Gasteiger partial charge in [0.1, 0.15) is 0 Å². The molecule has 1 aliphatic rings. The van der Waals surface area contributed by atoms with Crippen LogP contribution >= 0.6 is 0 Å². The fourth-order valence-corrected chi connectivity index (χ4v) is 3.96. The van der Waals surface area contributed by atoms with Crippen molar-refractivity contribution in [2.75, 3.05) is 26.2 Å². The molecule has 6 heteroatoms. The molecule has 0 spiro atoms. The van der Waals surface area contributed by atoms with Gasteiger partial charge in [0.05, 0.1) is 12.1 Å². The lowest BCUT2D eigenvalue weighted by molar-refractivity contribution is -0.122. The molecule has 0 atom stereocenters. The van der Waals surface area contributed by atoms with Crippen molar-refractivity contribution in [1.82, 2.24) is 25.0 Å². The average molecular weight is 377 g/mol. The van der Waals surface area contributed by atoms with Gasteiger partial charge >= 0.3 is 0 Å². The van der Waals surface area contributed by atoms with Gasteiger partial charge in [-0.05, 0) is 56.0 Å². The van der Waals surface area contributed by atoms with Crippen molar-refractivity contribution in [3.05, 3.63) is 60.6 Å². The van der Waals surface area contributed by atoms with Gasteiger partial charge in [-0.3, -0.25) is 19.4 Å². The molecule has 0 unspecified atom stereocenters. The average Bonchev–Trinajstić information content (AvgIpc) is 3.23. The topological polar surface area (TPSA) is 63.1 Å². The van der Waals surface area contributed by atoms with Gasteiger partial charge in [0.15, 0.2) is 0 Å². The summed E-state index contributed by atoms with van der Waals surface area (Å²) >= 11 is 0. The number of piperidine rings is 1. The van der Waals surface area contributed by atoms with Gasteiger partial charge < -0.3 is 5.32 Å². The van der Waals surface area contributed by atoms with Crippen LogP contribution in [-0.4, -0.2) is 51.8 Å². The third kappa shape index (κ3) is 4.75. The van der Waals surface area contributed by atoms with Crippen LogP contribution in [-0.2, 0) is 17.8 Å². The number of para-hydroxylation sites is 1. The molecule has 1 saturated heterocycles. The molecule has 1 aromatic carbocycles. The summed E-state index contributed by atoms with van der Waals surface area (Å²) in [6, 6.07) is 12.2. The van der Waals surface area contributed by atoms with Crippen LogP contribution in [0.3, 0.4) is 0 Å². The first-order valence-electron chi connectivity index (χ1n) is 10.1. The molecule has 6 nitrogen and oxygen atoms in total. The SMILES string of the molecule is O=C(CN1CCC(Cn2cccn2)CC1)NCCc1cccc2cccnc12. The third-order valence-electron chi connectivity index (χ3n) is 5.51. The standard InChI is InChI=1S/C22H27N5O/c28-21(17-26-14-8-18(9-15-26)16-27-13-3-11-25-27)23-12-7-20-5-1-4-19-6-2-10-24-22(19)20/h1-6,10-11,13,18H,7-9,12,14-17H2,(H,23,28). The van der Waals surface area contributed by atoms with Crippen molar-refractivity contribution in [3.63, 3.8) is 0 Å². The first-order valence-corrected chi connectivity index (χ1v) is 10.1. The second-order valence-corrected chi connectivity index (χ2v) is 7.54. The maximum atomic E-state index is 12.3. The molecule has 1 aliphatic heterocycles. The number of likely N-dealkylation sites (tertiary alicyclic amines) is 1. The molecule has 1 amide bonds. The van der Waals surface area contributed by atoms with E-state index in [1.165, 1.54) is 5.56 Å². The zero-order chi connectivity index (χ0) is 19.2. The van der Waals surface area contributed by atoms with Crippen LogP contribution in [0.4, 0.5) is 0 Å². The molecule has 146 valence electrons. The number of carbonyl (C=O) groups excluding carboxylic acids is 1. The summed E-state index contributed by atoms with van der Waals surface area (Å²) in [5.74, 6) is 0.761. The van der Waals surface area contributed by atoms with Crippen LogP contribution in [0, 0.1) is 5.92 Å². The van der Waals surface area contributed by atoms with Crippen LogP contribution in [0.1, 0.15) is 18.4 Å². The summed E-state index contributed by atoms with van der Waals surface area (Å²) < 4.78 is 2.01. The van der Waals surface area contributed by atoms with Crippen molar-refractivity contribution in [3.8, 4) is 0 Å². The zero-order valence-corrected chi connectivity index (χ0v) is 16.1. The minimum atomic E-state index is 0.110. The third-order valence-corrected chi connectivity index (χ3v) is 5.51. The Morgan fingerprint density at radius 1 is 1.11 bits per heavy atom. The highest BCUT2D eigenvalue weighted by Crippen LogP contribution is 2.19. The molecule has 0 saturated carbocycles. The van der Waals surface area contributed by atoms with E-state index in [4.69, 9.17) is 0 Å². The fourth-order valence-electron chi connectivity index (χ4n) is 3.96. The summed E-state index contributed by atoms with van der Waals surface area (Å²) in [6.45, 7) is 4.07. The van der Waals surface area contributed by atoms with Crippen molar-refractivity contribution >= 4 is 16.8 Å². The van der Waals surface area contributed by atoms with E-state index in [0.717, 1.165) is 49.8 Å². The molecule has 1 N–H and O–H groups in total. The summed E-state index contributed by atoms with van der Waals surface area (Å²) in [6.07, 6.45) is 8.70. The normalized spacial score (nSPS) is 15.7. The fraction of sp³-hybridized carbons (Fsp3) is 0.409. The number of pyridine rings is 1. The van der Waals surface area contributed by atoms with E-state index in [9.17, 15) is 4.79 Å². The number of carbonyl (C=O) groups is 1. The Bertz CT molecular complexity index is 895. The second-order valence-electron chi connectivity index (χ2n) is 7.54. The Kier molecular flexibility index (Phi) is 5.97. The first kappa shape index (κ1) is 18.6. The van der Waals surface area contributed by atoms with Gasteiger partial charge in [-0.2, -0.15) is 5.10 Å². The quantitative estimate of drug-likeness (QED) is 0.687. The second kappa shape index (κ2) is 8.97. The van der Waals surface area contributed by atoms with Crippen molar-refractivity contribution in [2.24, 2.45) is 5.92 Å². The minimum Gasteiger partial charge on any atom is -0.355 e. The lowest BCUT2D eigenvalue weighted by atomic mass is 9.97. The molecular weight excluding hydrogens is 350 g/mol. The highest BCUT2D eigenvalue weighted by molar-refractivity contribution is 5.81. The minimum absolute atomic E-state index is 0.110. The molecule has 0 radical (unpaired) electrons. The van der Waals surface area contributed by atoms with E-state index in [2.05, 4.69) is 44.6 Å². The molecule has 28 heavy (non-hydrogen) atoms. The Balaban J connectivity index is 1.19. The number of hydrogen-bond donors (Lipinski definition) is 1. The molecule has 4 rings (SSSR count). The Labute approximate surface area is 165 Å².